The molecule has 3 heteroatoms. The Morgan fingerprint density at radius 2 is 1.83 bits per heavy atom. The number of carbonyl (C=O) groups is 1. The Labute approximate surface area is 109 Å². The van der Waals surface area contributed by atoms with Crippen LogP contribution in [0.3, 0.4) is 0 Å². The summed E-state index contributed by atoms with van der Waals surface area (Å²) >= 11 is 0. The van der Waals surface area contributed by atoms with Crippen LogP contribution in [0.15, 0.2) is 24.3 Å². The van der Waals surface area contributed by atoms with Crippen molar-refractivity contribution in [3.8, 4) is 0 Å². The maximum Gasteiger partial charge on any atom is 0.240 e. The van der Waals surface area contributed by atoms with Gasteiger partial charge in [-0.15, -0.1) is 0 Å². The van der Waals surface area contributed by atoms with Gasteiger partial charge < -0.3 is 11.1 Å². The Kier molecular flexibility index (Phi) is 3.20. The fourth-order valence-electron chi connectivity index (χ4n) is 1.84. The first-order valence-electron chi connectivity index (χ1n) is 6.48. The predicted octanol–water partition coefficient (Wildman–Crippen LogP) is 2.09. The number of nitrogens with one attached hydrogen (secondary N) is 1. The van der Waals surface area contributed by atoms with Crippen LogP contribution < -0.4 is 11.1 Å². The Bertz CT molecular complexity index is 439. The summed E-state index contributed by atoms with van der Waals surface area (Å²) in [6.45, 7) is 7.13. The van der Waals surface area contributed by atoms with E-state index < -0.39 is 5.54 Å². The lowest BCUT2D eigenvalue weighted by Gasteiger charge is -2.19. The van der Waals surface area contributed by atoms with E-state index in [4.69, 9.17) is 5.73 Å². The monoisotopic (exact) mass is 246 g/mol. The molecule has 0 radical (unpaired) electrons. The summed E-state index contributed by atoms with van der Waals surface area (Å²) in [5, 5.41) is 2.90. The number of rotatable bonds is 3. The van der Waals surface area contributed by atoms with Gasteiger partial charge in [-0.1, -0.05) is 45.0 Å². The Morgan fingerprint density at radius 1 is 1.28 bits per heavy atom. The van der Waals surface area contributed by atoms with Crippen molar-refractivity contribution in [1.82, 2.24) is 5.32 Å². The fraction of sp³-hybridized carbons (Fsp3) is 0.533. The SMILES string of the molecule is CC(C)(C)c1ccc(CNC(=O)C2(N)CC2)cc1. The van der Waals surface area contributed by atoms with Crippen molar-refractivity contribution >= 4 is 5.91 Å². The van der Waals surface area contributed by atoms with Crippen molar-refractivity contribution in [1.29, 1.82) is 0 Å². The van der Waals surface area contributed by atoms with Crippen LogP contribution in [0.2, 0.25) is 0 Å². The van der Waals surface area contributed by atoms with E-state index in [0.29, 0.717) is 6.54 Å². The van der Waals surface area contributed by atoms with E-state index in [9.17, 15) is 4.79 Å². The van der Waals surface area contributed by atoms with Gasteiger partial charge in [0.25, 0.3) is 0 Å². The Balaban J connectivity index is 1.93. The fourth-order valence-corrected chi connectivity index (χ4v) is 1.84. The van der Waals surface area contributed by atoms with Crippen molar-refractivity contribution in [2.45, 2.75) is 51.1 Å². The topological polar surface area (TPSA) is 55.1 Å². The highest BCUT2D eigenvalue weighted by Gasteiger charge is 2.45. The molecule has 0 aliphatic heterocycles. The smallest absolute Gasteiger partial charge is 0.240 e. The van der Waals surface area contributed by atoms with Crippen molar-refractivity contribution in [2.75, 3.05) is 0 Å². The largest absolute Gasteiger partial charge is 0.350 e. The molecule has 1 aromatic rings. The van der Waals surface area contributed by atoms with Gasteiger partial charge in [-0.3, -0.25) is 4.79 Å². The van der Waals surface area contributed by atoms with Gasteiger partial charge in [0.05, 0.1) is 5.54 Å². The van der Waals surface area contributed by atoms with E-state index in [2.05, 4.69) is 50.4 Å². The van der Waals surface area contributed by atoms with E-state index in [0.717, 1.165) is 18.4 Å². The van der Waals surface area contributed by atoms with Crippen LogP contribution >= 0.6 is 0 Å². The third kappa shape index (κ3) is 2.91. The Morgan fingerprint density at radius 3 is 2.28 bits per heavy atom. The Hall–Kier alpha value is -1.35. The minimum Gasteiger partial charge on any atom is -0.350 e. The summed E-state index contributed by atoms with van der Waals surface area (Å²) in [5.74, 6) is -0.0256. The average Bonchev–Trinajstić information content (AvgIpc) is 3.05. The van der Waals surface area contributed by atoms with Gasteiger partial charge in [-0.2, -0.15) is 0 Å². The van der Waals surface area contributed by atoms with Gasteiger partial charge in [0, 0.05) is 6.54 Å². The van der Waals surface area contributed by atoms with Crippen LogP contribution in [0.4, 0.5) is 0 Å². The molecule has 18 heavy (non-hydrogen) atoms. The molecule has 98 valence electrons. The molecule has 3 nitrogen and oxygen atoms in total. The molecule has 1 aliphatic carbocycles. The zero-order valence-electron chi connectivity index (χ0n) is 11.4. The van der Waals surface area contributed by atoms with Crippen LogP contribution in [-0.2, 0) is 16.8 Å². The third-order valence-electron chi connectivity index (χ3n) is 3.51. The molecule has 0 heterocycles. The van der Waals surface area contributed by atoms with Crippen LogP contribution in [-0.4, -0.2) is 11.4 Å². The molecule has 1 saturated carbocycles. The lowest BCUT2D eigenvalue weighted by atomic mass is 9.87. The molecule has 0 unspecified atom stereocenters. The third-order valence-corrected chi connectivity index (χ3v) is 3.51. The number of carbonyl (C=O) groups excluding carboxylic acids is 1. The van der Waals surface area contributed by atoms with Gasteiger partial charge in [0.2, 0.25) is 5.91 Å². The highest BCUT2D eigenvalue weighted by molar-refractivity contribution is 5.88. The van der Waals surface area contributed by atoms with Crippen molar-refractivity contribution in [2.24, 2.45) is 5.73 Å². The number of amides is 1. The minimum absolute atomic E-state index is 0.0256. The number of hydrogen-bond acceptors (Lipinski definition) is 2. The summed E-state index contributed by atoms with van der Waals surface area (Å²) in [4.78, 5) is 11.7. The van der Waals surface area contributed by atoms with Crippen molar-refractivity contribution in [3.05, 3.63) is 35.4 Å². The summed E-state index contributed by atoms with van der Waals surface area (Å²) in [5.41, 5.74) is 7.82. The maximum atomic E-state index is 11.7. The number of nitrogens with two attached hydrogens (primary N) is 1. The zero-order chi connectivity index (χ0) is 13.4. The second-order valence-electron chi connectivity index (χ2n) is 6.29. The summed E-state index contributed by atoms with van der Waals surface area (Å²) in [6, 6.07) is 8.38. The number of hydrogen-bond donors (Lipinski definition) is 2. The normalized spacial score (nSPS) is 17.3. The van der Waals surface area contributed by atoms with E-state index in [1.807, 2.05) is 0 Å². The highest BCUT2D eigenvalue weighted by atomic mass is 16.2. The van der Waals surface area contributed by atoms with Gasteiger partial charge >= 0.3 is 0 Å². The zero-order valence-corrected chi connectivity index (χ0v) is 11.4. The summed E-state index contributed by atoms with van der Waals surface area (Å²) < 4.78 is 0. The molecule has 0 spiro atoms. The van der Waals surface area contributed by atoms with Crippen molar-refractivity contribution in [3.63, 3.8) is 0 Å². The molecule has 3 N–H and O–H groups in total. The second-order valence-corrected chi connectivity index (χ2v) is 6.29. The summed E-state index contributed by atoms with van der Waals surface area (Å²) in [6.07, 6.45) is 1.61. The lowest BCUT2D eigenvalue weighted by Crippen LogP contribution is -2.42. The van der Waals surface area contributed by atoms with Crippen LogP contribution in [0.5, 0.6) is 0 Å². The number of benzene rings is 1. The van der Waals surface area contributed by atoms with Gasteiger partial charge in [-0.25, -0.2) is 0 Å². The second kappa shape index (κ2) is 4.39. The molecule has 1 aliphatic rings. The van der Waals surface area contributed by atoms with Crippen LogP contribution in [0.1, 0.15) is 44.7 Å². The molecule has 1 fully saturated rings. The highest BCUT2D eigenvalue weighted by Crippen LogP contribution is 2.32. The van der Waals surface area contributed by atoms with E-state index >= 15 is 0 Å². The van der Waals surface area contributed by atoms with Crippen LogP contribution in [0.25, 0.3) is 0 Å². The predicted molar refractivity (Wildman–Crippen MR) is 73.1 cm³/mol. The van der Waals surface area contributed by atoms with E-state index in [-0.39, 0.29) is 11.3 Å². The van der Waals surface area contributed by atoms with E-state index in [1.54, 1.807) is 0 Å². The molecule has 0 atom stereocenters. The minimum atomic E-state index is -0.578. The molecule has 0 aromatic heterocycles. The first-order chi connectivity index (χ1) is 8.31. The van der Waals surface area contributed by atoms with Gasteiger partial charge in [0.15, 0.2) is 0 Å². The van der Waals surface area contributed by atoms with Gasteiger partial charge in [0.1, 0.15) is 0 Å². The molecular formula is C15H22N2O. The maximum absolute atomic E-state index is 11.7. The standard InChI is InChI=1S/C15H22N2O/c1-14(2,3)12-6-4-11(5-7-12)10-17-13(18)15(16)8-9-15/h4-7H,8-10,16H2,1-3H3,(H,17,18). The lowest BCUT2D eigenvalue weighted by molar-refractivity contribution is -0.123. The molecule has 1 aromatic carbocycles. The molecule has 0 saturated heterocycles. The first kappa shape index (κ1) is 13.1. The molecule has 2 rings (SSSR count). The van der Waals surface area contributed by atoms with Crippen LogP contribution in [0, 0.1) is 0 Å². The summed E-state index contributed by atoms with van der Waals surface area (Å²) in [7, 11) is 0. The molecule has 0 bridgehead atoms. The molecular weight excluding hydrogens is 224 g/mol. The van der Waals surface area contributed by atoms with Crippen molar-refractivity contribution < 1.29 is 4.79 Å². The van der Waals surface area contributed by atoms with Gasteiger partial charge in [-0.05, 0) is 29.4 Å². The first-order valence-corrected chi connectivity index (χ1v) is 6.48. The quantitative estimate of drug-likeness (QED) is 0.858. The average molecular weight is 246 g/mol. The van der Waals surface area contributed by atoms with E-state index in [1.165, 1.54) is 5.56 Å². The molecule has 1 amide bonds.